The summed E-state index contributed by atoms with van der Waals surface area (Å²) in [4.78, 5) is 9.57. The minimum Gasteiger partial charge on any atom is -0.434 e. The van der Waals surface area contributed by atoms with Crippen LogP contribution >= 0.6 is 0 Å². The highest BCUT2D eigenvalue weighted by atomic mass is 19.3. The Morgan fingerprint density at radius 2 is 2.00 bits per heavy atom. The average molecular weight is 339 g/mol. The van der Waals surface area contributed by atoms with Gasteiger partial charge in [-0.2, -0.15) is 8.78 Å². The first-order valence-electron chi connectivity index (χ1n) is 8.23. The predicted molar refractivity (Wildman–Crippen MR) is 90.5 cm³/mol. The molecule has 0 amide bonds. The number of rotatable bonds is 2. The van der Waals surface area contributed by atoms with E-state index in [0.29, 0.717) is 6.42 Å². The van der Waals surface area contributed by atoms with Gasteiger partial charge in [0, 0.05) is 23.3 Å². The van der Waals surface area contributed by atoms with Crippen LogP contribution in [0.2, 0.25) is 0 Å². The Labute approximate surface area is 142 Å². The number of imidazole rings is 1. The van der Waals surface area contributed by atoms with Crippen molar-refractivity contribution in [2.45, 2.75) is 32.0 Å². The molecular weight excluding hydrogens is 324 g/mol. The van der Waals surface area contributed by atoms with Crippen molar-refractivity contribution < 1.29 is 13.5 Å². The second-order valence-electron chi connectivity index (χ2n) is 6.41. The largest absolute Gasteiger partial charge is 0.434 e. The Morgan fingerprint density at radius 3 is 2.84 bits per heavy atom. The first-order valence-corrected chi connectivity index (χ1v) is 8.23. The summed E-state index contributed by atoms with van der Waals surface area (Å²) in [5.41, 5.74) is 4.37. The van der Waals surface area contributed by atoms with Gasteiger partial charge in [0.1, 0.15) is 17.6 Å². The SMILES string of the molecule is CC1=NC2CC(c3c(OC(F)F)cccc31)n1c2nc2ccccc21. The van der Waals surface area contributed by atoms with Crippen LogP contribution in [-0.2, 0) is 0 Å². The molecule has 126 valence electrons. The van der Waals surface area contributed by atoms with Gasteiger partial charge in [0.15, 0.2) is 0 Å². The lowest BCUT2D eigenvalue weighted by molar-refractivity contribution is -0.0506. The van der Waals surface area contributed by atoms with Crippen molar-refractivity contribution >= 4 is 16.7 Å². The van der Waals surface area contributed by atoms with E-state index in [9.17, 15) is 8.78 Å². The molecule has 2 aliphatic heterocycles. The van der Waals surface area contributed by atoms with E-state index in [2.05, 4.69) is 4.57 Å². The topological polar surface area (TPSA) is 39.4 Å². The van der Waals surface area contributed by atoms with Crippen molar-refractivity contribution in [3.05, 3.63) is 59.4 Å². The summed E-state index contributed by atoms with van der Waals surface area (Å²) in [5.74, 6) is 1.11. The van der Waals surface area contributed by atoms with Crippen molar-refractivity contribution in [3.8, 4) is 5.75 Å². The fourth-order valence-electron chi connectivity index (χ4n) is 4.11. The van der Waals surface area contributed by atoms with E-state index in [0.717, 1.165) is 33.7 Å². The normalized spacial score (nSPS) is 21.0. The lowest BCUT2D eigenvalue weighted by Crippen LogP contribution is -2.14. The lowest BCUT2D eigenvalue weighted by Gasteiger charge is -2.21. The van der Waals surface area contributed by atoms with E-state index in [1.54, 1.807) is 12.1 Å². The highest BCUT2D eigenvalue weighted by Crippen LogP contribution is 2.48. The summed E-state index contributed by atoms with van der Waals surface area (Å²) >= 11 is 0. The minimum absolute atomic E-state index is 0.0656. The molecule has 0 saturated carbocycles. The maximum atomic E-state index is 12.9. The lowest BCUT2D eigenvalue weighted by atomic mass is 9.95. The molecule has 0 N–H and O–H groups in total. The molecule has 0 fully saturated rings. The molecule has 0 spiro atoms. The third-order valence-corrected chi connectivity index (χ3v) is 5.03. The van der Waals surface area contributed by atoms with Gasteiger partial charge < -0.3 is 9.30 Å². The molecule has 4 nitrogen and oxygen atoms in total. The number of halogens is 2. The van der Waals surface area contributed by atoms with Crippen LogP contribution in [0.15, 0.2) is 47.5 Å². The molecule has 3 aromatic rings. The number of ether oxygens (including phenoxy) is 1. The van der Waals surface area contributed by atoms with E-state index in [1.165, 1.54) is 0 Å². The molecule has 5 rings (SSSR count). The van der Waals surface area contributed by atoms with Crippen molar-refractivity contribution in [2.75, 3.05) is 0 Å². The third-order valence-electron chi connectivity index (χ3n) is 5.03. The van der Waals surface area contributed by atoms with Crippen molar-refractivity contribution in [2.24, 2.45) is 4.99 Å². The fraction of sp³-hybridized carbons (Fsp3) is 0.263. The maximum Gasteiger partial charge on any atom is 0.387 e. The van der Waals surface area contributed by atoms with Crippen LogP contribution in [0.1, 0.15) is 42.4 Å². The Balaban J connectivity index is 1.81. The van der Waals surface area contributed by atoms with Crippen LogP contribution in [0.4, 0.5) is 8.78 Å². The molecule has 2 aliphatic rings. The zero-order chi connectivity index (χ0) is 17.1. The maximum absolute atomic E-state index is 12.9. The number of aromatic nitrogens is 2. The molecule has 25 heavy (non-hydrogen) atoms. The van der Waals surface area contributed by atoms with Crippen LogP contribution in [0.3, 0.4) is 0 Å². The molecule has 2 aromatic carbocycles. The monoisotopic (exact) mass is 339 g/mol. The van der Waals surface area contributed by atoms with E-state index in [1.807, 2.05) is 37.3 Å². The van der Waals surface area contributed by atoms with Gasteiger partial charge in [0.2, 0.25) is 0 Å². The van der Waals surface area contributed by atoms with Gasteiger partial charge in [-0.1, -0.05) is 24.3 Å². The van der Waals surface area contributed by atoms with Crippen LogP contribution in [-0.4, -0.2) is 21.9 Å². The quantitative estimate of drug-likeness (QED) is 0.690. The smallest absolute Gasteiger partial charge is 0.387 e. The molecule has 0 aliphatic carbocycles. The van der Waals surface area contributed by atoms with E-state index < -0.39 is 6.61 Å². The highest BCUT2D eigenvalue weighted by molar-refractivity contribution is 6.01. The summed E-state index contributed by atoms with van der Waals surface area (Å²) in [6.45, 7) is -0.943. The molecule has 0 radical (unpaired) electrons. The van der Waals surface area contributed by atoms with E-state index in [-0.39, 0.29) is 17.8 Å². The Hall–Kier alpha value is -2.76. The molecular formula is C19H15F2N3O. The molecule has 3 heterocycles. The Morgan fingerprint density at radius 1 is 1.16 bits per heavy atom. The van der Waals surface area contributed by atoms with Gasteiger partial charge in [-0.15, -0.1) is 0 Å². The van der Waals surface area contributed by atoms with Crippen molar-refractivity contribution in [1.29, 1.82) is 0 Å². The van der Waals surface area contributed by atoms with Gasteiger partial charge in [-0.3, -0.25) is 4.99 Å². The van der Waals surface area contributed by atoms with Gasteiger partial charge in [0.25, 0.3) is 0 Å². The fourth-order valence-corrected chi connectivity index (χ4v) is 4.11. The van der Waals surface area contributed by atoms with Crippen LogP contribution in [0.25, 0.3) is 11.0 Å². The minimum atomic E-state index is -2.86. The zero-order valence-electron chi connectivity index (χ0n) is 13.5. The Kier molecular flexibility index (Phi) is 2.98. The molecule has 1 aromatic heterocycles. The number of fused-ring (bicyclic) bond motifs is 9. The zero-order valence-corrected chi connectivity index (χ0v) is 13.5. The van der Waals surface area contributed by atoms with Gasteiger partial charge in [0.05, 0.1) is 17.1 Å². The van der Waals surface area contributed by atoms with Crippen LogP contribution in [0, 0.1) is 0 Å². The number of alkyl halides is 2. The van der Waals surface area contributed by atoms with Crippen molar-refractivity contribution in [1.82, 2.24) is 9.55 Å². The summed E-state index contributed by atoms with van der Waals surface area (Å²) < 4.78 is 32.9. The van der Waals surface area contributed by atoms with Crippen LogP contribution < -0.4 is 4.74 Å². The number of hydrogen-bond acceptors (Lipinski definition) is 3. The van der Waals surface area contributed by atoms with Crippen LogP contribution in [0.5, 0.6) is 5.75 Å². The third kappa shape index (κ3) is 2.03. The number of para-hydroxylation sites is 2. The average Bonchev–Trinajstić information content (AvgIpc) is 3.07. The Bertz CT molecular complexity index is 1020. The molecule has 2 bridgehead atoms. The predicted octanol–water partition coefficient (Wildman–Crippen LogP) is 4.49. The summed E-state index contributed by atoms with van der Waals surface area (Å²) in [6.07, 6.45) is 0.709. The standard InChI is InChI=1S/C19H15F2N3O/c1-10-11-5-4-8-16(25-19(20)21)17(11)15-9-13(22-10)18-23-12-6-2-3-7-14(12)24(15)18/h2-8,13,15,19H,9H2,1H3. The van der Waals surface area contributed by atoms with Crippen molar-refractivity contribution in [3.63, 3.8) is 0 Å². The molecule has 2 unspecified atom stereocenters. The second-order valence-corrected chi connectivity index (χ2v) is 6.41. The summed E-state index contributed by atoms with van der Waals surface area (Å²) in [6, 6.07) is 13.0. The van der Waals surface area contributed by atoms with Gasteiger partial charge in [-0.05, 0) is 25.1 Å². The summed E-state index contributed by atoms with van der Waals surface area (Å²) in [7, 11) is 0. The van der Waals surface area contributed by atoms with Gasteiger partial charge >= 0.3 is 6.61 Å². The second kappa shape index (κ2) is 5.12. The molecule has 2 atom stereocenters. The first-order chi connectivity index (χ1) is 12.1. The first kappa shape index (κ1) is 14.6. The number of hydrogen-bond donors (Lipinski definition) is 0. The number of nitrogens with zero attached hydrogens (tertiary/aromatic N) is 3. The molecule has 0 saturated heterocycles. The van der Waals surface area contributed by atoms with E-state index in [4.69, 9.17) is 14.7 Å². The van der Waals surface area contributed by atoms with Gasteiger partial charge in [-0.25, -0.2) is 4.98 Å². The number of benzene rings is 2. The molecule has 6 heteroatoms. The number of aliphatic imine (C=N–C) groups is 1. The summed E-state index contributed by atoms with van der Waals surface area (Å²) in [5, 5.41) is 0. The highest BCUT2D eigenvalue weighted by Gasteiger charge is 2.40. The van der Waals surface area contributed by atoms with E-state index >= 15 is 0 Å².